The number of aromatic nitrogens is 7. The van der Waals surface area contributed by atoms with Crippen molar-refractivity contribution in [1.29, 1.82) is 0 Å². The van der Waals surface area contributed by atoms with Crippen LogP contribution in [0.2, 0.25) is 0 Å². The summed E-state index contributed by atoms with van der Waals surface area (Å²) in [6.45, 7) is 0. The highest BCUT2D eigenvalue weighted by atomic mass is 15.1. The molecule has 0 N–H and O–H groups in total. The average Bonchev–Trinajstić information content (AvgIpc) is 1.68. The lowest BCUT2D eigenvalue weighted by molar-refractivity contribution is 1.10. The van der Waals surface area contributed by atoms with Gasteiger partial charge in [0.05, 0.1) is 55.7 Å². The van der Waals surface area contributed by atoms with Gasteiger partial charge in [-0.05, 0) is 118 Å². The van der Waals surface area contributed by atoms with E-state index in [4.69, 9.17) is 19.9 Å². The maximum Gasteiger partial charge on any atom is 0.145 e. The van der Waals surface area contributed by atoms with Gasteiger partial charge in [-0.25, -0.2) is 19.9 Å². The molecule has 119 heavy (non-hydrogen) atoms. The van der Waals surface area contributed by atoms with E-state index in [2.05, 4.69) is 391 Å². The van der Waals surface area contributed by atoms with Gasteiger partial charge < -0.3 is 0 Å². The molecule has 19 aromatic carbocycles. The van der Waals surface area contributed by atoms with Gasteiger partial charge >= 0.3 is 0 Å². The predicted octanol–water partition coefficient (Wildman–Crippen LogP) is 29.5. The third-order valence-electron chi connectivity index (χ3n) is 23.9. The van der Waals surface area contributed by atoms with Crippen LogP contribution < -0.4 is 0 Å². The second-order valence-electron chi connectivity index (χ2n) is 30.6. The van der Waals surface area contributed by atoms with Gasteiger partial charge in [-0.2, -0.15) is 0 Å². The molecule has 552 valence electrons. The third-order valence-corrected chi connectivity index (χ3v) is 23.9. The monoisotopic (exact) mass is 1510 g/mol. The number of rotatable bonds is 7. The highest BCUT2D eigenvalue weighted by Crippen LogP contribution is 2.46. The van der Waals surface area contributed by atoms with Crippen molar-refractivity contribution in [2.75, 3.05) is 0 Å². The van der Waals surface area contributed by atoms with Gasteiger partial charge in [0.25, 0.3) is 0 Å². The molecule has 0 atom stereocenters. The molecule has 25 rings (SSSR count). The van der Waals surface area contributed by atoms with Gasteiger partial charge in [-0.3, -0.25) is 14.5 Å². The number of hydrogen-bond acceptors (Lipinski definition) is 6. The van der Waals surface area contributed by atoms with Gasteiger partial charge in [0.15, 0.2) is 0 Å². The summed E-state index contributed by atoms with van der Waals surface area (Å²) in [7, 11) is 0. The Hall–Kier alpha value is -16.0. The zero-order valence-corrected chi connectivity index (χ0v) is 64.5. The lowest BCUT2D eigenvalue weighted by atomic mass is 9.92. The molecule has 7 heteroatoms. The molecule has 0 amide bonds. The van der Waals surface area contributed by atoms with Crippen molar-refractivity contribution >= 4 is 163 Å². The van der Waals surface area contributed by atoms with Crippen molar-refractivity contribution in [3.8, 4) is 73.1 Å². The van der Waals surface area contributed by atoms with Gasteiger partial charge in [0.2, 0.25) is 0 Å². The van der Waals surface area contributed by atoms with Crippen LogP contribution in [0, 0.1) is 0 Å². The Labute approximate surface area is 684 Å². The van der Waals surface area contributed by atoms with E-state index in [-0.39, 0.29) is 0 Å². The van der Waals surface area contributed by atoms with E-state index in [1.54, 1.807) is 0 Å². The normalized spacial score (nSPS) is 11.7. The Balaban J connectivity index is 0.000000105. The van der Waals surface area contributed by atoms with E-state index in [9.17, 15) is 0 Å². The molecule has 0 aliphatic heterocycles. The second kappa shape index (κ2) is 28.5. The standard InChI is InChI=1S/C40H25N3.2C36H22N2/c1-2-12-27(13-3-1)40-41-35-20-10-11-21-36(35)43(40)28-24-22-26(23-25-28)38-34-19-9-7-17-32(34)37-31-16-6-4-14-29(31)30-15-5-8-18-33(30)39(37)42-38;1-8-16-33-25(9-1)21-26(22-37-33)23-17-19-24(20-18-23)35-32-15-7-5-13-30(32)34-29-12-4-2-10-27(29)28-11-3-6-14-31(28)36(34)38-35;1-3-13-29-27(11-1)28-12-2-5-15-31(28)36-33(29)30-14-4-6-16-32(30)35(38-36)25-20-18-23(19-21-25)26-17-7-9-24-10-8-22-37-34(24)26/h1-25H;2*1-22H. The van der Waals surface area contributed by atoms with Crippen molar-refractivity contribution in [1.82, 2.24) is 34.5 Å². The first-order valence-corrected chi connectivity index (χ1v) is 40.5. The van der Waals surface area contributed by atoms with E-state index in [1.807, 2.05) is 42.7 Å². The molecule has 0 fully saturated rings. The zero-order chi connectivity index (χ0) is 78.4. The highest BCUT2D eigenvalue weighted by molar-refractivity contribution is 6.34. The molecule has 6 aromatic heterocycles. The minimum atomic E-state index is 0.933. The summed E-state index contributed by atoms with van der Waals surface area (Å²) in [5.41, 5.74) is 20.3. The van der Waals surface area contributed by atoms with Gasteiger partial charge in [-0.15, -0.1) is 0 Å². The van der Waals surface area contributed by atoms with Crippen LogP contribution in [0.1, 0.15) is 0 Å². The fourth-order valence-electron chi connectivity index (χ4n) is 18.5. The summed E-state index contributed by atoms with van der Waals surface area (Å²) in [6, 6.07) is 144. The lowest BCUT2D eigenvalue weighted by Crippen LogP contribution is -1.98. The smallest absolute Gasteiger partial charge is 0.145 e. The molecular weight excluding hydrogens is 1440 g/mol. The van der Waals surface area contributed by atoms with Gasteiger partial charge in [-0.1, -0.05) is 364 Å². The Morgan fingerprint density at radius 3 is 1.01 bits per heavy atom. The van der Waals surface area contributed by atoms with Crippen LogP contribution >= 0.6 is 0 Å². The molecule has 0 bridgehead atoms. The van der Waals surface area contributed by atoms with Crippen LogP contribution in [0.5, 0.6) is 0 Å². The van der Waals surface area contributed by atoms with E-state index in [0.717, 1.165) is 128 Å². The topological polar surface area (TPSA) is 82.3 Å². The molecule has 0 saturated heterocycles. The Morgan fingerprint density at radius 1 is 0.193 bits per heavy atom. The van der Waals surface area contributed by atoms with E-state index in [0.29, 0.717) is 0 Å². The van der Waals surface area contributed by atoms with Crippen LogP contribution in [0.25, 0.3) is 236 Å². The summed E-state index contributed by atoms with van der Waals surface area (Å²) in [5.74, 6) is 0.933. The largest absolute Gasteiger partial charge is 0.292 e. The summed E-state index contributed by atoms with van der Waals surface area (Å²) >= 11 is 0. The van der Waals surface area contributed by atoms with Crippen molar-refractivity contribution in [3.63, 3.8) is 0 Å². The number of pyridine rings is 5. The van der Waals surface area contributed by atoms with Crippen molar-refractivity contribution in [3.05, 3.63) is 419 Å². The van der Waals surface area contributed by atoms with Gasteiger partial charge in [0, 0.05) is 111 Å². The minimum absolute atomic E-state index is 0.933. The average molecular weight is 1510 g/mol. The Bertz CT molecular complexity index is 8400. The molecule has 7 nitrogen and oxygen atoms in total. The Morgan fingerprint density at radius 2 is 0.538 bits per heavy atom. The van der Waals surface area contributed by atoms with Crippen molar-refractivity contribution in [2.24, 2.45) is 0 Å². The first kappa shape index (κ1) is 68.6. The number of imidazole rings is 1. The predicted molar refractivity (Wildman–Crippen MR) is 501 cm³/mol. The number of fused-ring (bicyclic) bond motifs is 27. The minimum Gasteiger partial charge on any atom is -0.292 e. The number of hydrogen-bond donors (Lipinski definition) is 0. The Kier molecular flexibility index (Phi) is 16.5. The van der Waals surface area contributed by atoms with Crippen LogP contribution in [0.15, 0.2) is 419 Å². The van der Waals surface area contributed by atoms with Crippen LogP contribution in [0.3, 0.4) is 0 Å². The van der Waals surface area contributed by atoms with Gasteiger partial charge in [0.1, 0.15) is 5.82 Å². The van der Waals surface area contributed by atoms with Crippen molar-refractivity contribution < 1.29 is 0 Å². The van der Waals surface area contributed by atoms with E-state index in [1.165, 1.54) is 108 Å². The molecule has 0 spiro atoms. The first-order valence-electron chi connectivity index (χ1n) is 40.5. The highest BCUT2D eigenvalue weighted by Gasteiger charge is 2.23. The van der Waals surface area contributed by atoms with Crippen molar-refractivity contribution in [2.45, 2.75) is 0 Å². The number of benzene rings is 19. The molecular formula is C112H69N7. The van der Waals surface area contributed by atoms with Crippen LogP contribution in [-0.4, -0.2) is 34.5 Å². The fraction of sp³-hybridized carbons (Fsp3) is 0. The fourth-order valence-corrected chi connectivity index (χ4v) is 18.5. The second-order valence-corrected chi connectivity index (χ2v) is 30.6. The lowest BCUT2D eigenvalue weighted by Gasteiger charge is -2.15. The maximum absolute atomic E-state index is 5.44. The quantitative estimate of drug-likeness (QED) is 0.148. The molecule has 0 aliphatic rings. The summed E-state index contributed by atoms with van der Waals surface area (Å²) in [5, 5.41) is 27.9. The van der Waals surface area contributed by atoms with E-state index < -0.39 is 0 Å². The first-order chi connectivity index (χ1) is 59.1. The SMILES string of the molecule is c1ccc(-c2nc3ccccc3n2-c2ccc(-c3nc4c5ccccc5c5ccccc5c4c4ccccc34)cc2)cc1.c1ccc2ncc(-c3ccc(-c4nc5c6ccccc6c6ccccc6c5c5ccccc45)cc3)cc2c1.c1cnc2c(-c3ccc(-c4nc5c6ccccc6c6ccccc6c5c5ccccc45)cc3)cccc2c1. The summed E-state index contributed by atoms with van der Waals surface area (Å²) in [6.07, 6.45) is 3.82. The van der Waals surface area contributed by atoms with Crippen LogP contribution in [0.4, 0.5) is 0 Å². The van der Waals surface area contributed by atoms with E-state index >= 15 is 0 Å². The molecule has 0 aliphatic carbocycles. The third kappa shape index (κ3) is 11.6. The number of nitrogens with zero attached hydrogens (tertiary/aromatic N) is 7. The maximum atomic E-state index is 5.44. The van der Waals surface area contributed by atoms with Crippen LogP contribution in [-0.2, 0) is 0 Å². The summed E-state index contributed by atoms with van der Waals surface area (Å²) < 4.78 is 2.25. The zero-order valence-electron chi connectivity index (χ0n) is 64.5. The molecule has 6 heterocycles. The molecule has 0 radical (unpaired) electrons. The summed E-state index contributed by atoms with van der Waals surface area (Å²) in [4.78, 5) is 30.5. The molecule has 25 aromatic rings. The molecule has 0 saturated carbocycles. The number of para-hydroxylation sites is 4. The molecule has 0 unspecified atom stereocenters.